The Kier molecular flexibility index (Phi) is 3.51. The monoisotopic (exact) mass is 222 g/mol. The van der Waals surface area contributed by atoms with Crippen LogP contribution >= 0.6 is 0 Å². The fraction of sp³-hybridized carbons (Fsp3) is 0.250. The fourth-order valence-electron chi connectivity index (χ4n) is 1.27. The van der Waals surface area contributed by atoms with Gasteiger partial charge in [0.05, 0.1) is 9.80 Å². The van der Waals surface area contributed by atoms with Crippen LogP contribution in [0.25, 0.3) is 0 Å². The summed E-state index contributed by atoms with van der Waals surface area (Å²) < 4.78 is 23.9. The zero-order valence-corrected chi connectivity index (χ0v) is 9.76. The first-order valence-electron chi connectivity index (χ1n) is 4.73. The van der Waals surface area contributed by atoms with Crippen LogP contribution in [-0.4, -0.2) is 8.42 Å². The largest absolute Gasteiger partial charge is 0.218 e. The van der Waals surface area contributed by atoms with Crippen molar-refractivity contribution in [3.63, 3.8) is 0 Å². The predicted octanol–water partition coefficient (Wildman–Crippen LogP) is 2.85. The van der Waals surface area contributed by atoms with Gasteiger partial charge in [-0.1, -0.05) is 31.2 Å². The zero-order valence-electron chi connectivity index (χ0n) is 8.95. The number of allylic oxidation sites excluding steroid dienone is 1. The summed E-state index contributed by atoms with van der Waals surface area (Å²) in [4.78, 5) is 0.549. The predicted molar refractivity (Wildman–Crippen MR) is 61.3 cm³/mol. The van der Waals surface area contributed by atoms with Crippen LogP contribution in [0.5, 0.6) is 0 Å². The molecular formula is C12H14O2S. The van der Waals surface area contributed by atoms with E-state index in [0.29, 0.717) is 11.3 Å². The minimum absolute atomic E-state index is 0.242. The molecule has 15 heavy (non-hydrogen) atoms. The van der Waals surface area contributed by atoms with Crippen LogP contribution < -0.4 is 0 Å². The van der Waals surface area contributed by atoms with Crippen LogP contribution in [0.3, 0.4) is 0 Å². The van der Waals surface area contributed by atoms with E-state index in [1.807, 2.05) is 6.92 Å². The number of aryl methyl sites for hydroxylation is 1. The molecule has 0 amide bonds. The minimum atomic E-state index is -3.37. The molecule has 0 aromatic heterocycles. The molecule has 1 aromatic rings. The summed E-state index contributed by atoms with van der Waals surface area (Å²) in [6, 6.07) is 6.78. The van der Waals surface area contributed by atoms with Gasteiger partial charge < -0.3 is 0 Å². The smallest absolute Gasteiger partial charge is 0.209 e. The summed E-state index contributed by atoms with van der Waals surface area (Å²) in [6.07, 6.45) is 0.416. The van der Waals surface area contributed by atoms with Crippen molar-refractivity contribution in [3.05, 3.63) is 47.0 Å². The lowest BCUT2D eigenvalue weighted by molar-refractivity contribution is 0.601. The standard InChI is InChI=1S/C12H14O2S/c1-4-11(5-2)15(13,14)12-8-6-10(3)7-9-12/h6-9H,1,5H2,2-3H3. The summed E-state index contributed by atoms with van der Waals surface area (Å²) in [5.74, 6) is 0. The molecule has 0 saturated carbocycles. The highest BCUT2D eigenvalue weighted by Crippen LogP contribution is 2.20. The number of hydrogen-bond acceptors (Lipinski definition) is 2. The van der Waals surface area contributed by atoms with Gasteiger partial charge in [0, 0.05) is 0 Å². The van der Waals surface area contributed by atoms with Crippen molar-refractivity contribution < 1.29 is 8.42 Å². The van der Waals surface area contributed by atoms with Crippen LogP contribution in [0.2, 0.25) is 0 Å². The van der Waals surface area contributed by atoms with Gasteiger partial charge in [0.1, 0.15) is 0 Å². The molecule has 0 atom stereocenters. The van der Waals surface area contributed by atoms with Gasteiger partial charge >= 0.3 is 0 Å². The van der Waals surface area contributed by atoms with Crippen LogP contribution in [-0.2, 0) is 9.84 Å². The topological polar surface area (TPSA) is 34.1 Å². The molecule has 0 aliphatic heterocycles. The molecule has 0 unspecified atom stereocenters. The Morgan fingerprint density at radius 1 is 1.33 bits per heavy atom. The molecule has 2 nitrogen and oxygen atoms in total. The van der Waals surface area contributed by atoms with Gasteiger partial charge in [0.25, 0.3) is 0 Å². The summed E-state index contributed by atoms with van der Waals surface area (Å²) >= 11 is 0. The van der Waals surface area contributed by atoms with Crippen LogP contribution in [0, 0.1) is 6.92 Å². The van der Waals surface area contributed by atoms with Crippen LogP contribution in [0.15, 0.2) is 46.4 Å². The lowest BCUT2D eigenvalue weighted by Crippen LogP contribution is -2.03. The Labute approximate surface area is 90.9 Å². The van der Waals surface area contributed by atoms with Crippen LogP contribution in [0.4, 0.5) is 0 Å². The van der Waals surface area contributed by atoms with Gasteiger partial charge in [-0.15, -0.1) is 5.73 Å². The average molecular weight is 222 g/mol. The third-order valence-corrected chi connectivity index (χ3v) is 4.15. The first kappa shape index (κ1) is 11.8. The molecule has 0 heterocycles. The van der Waals surface area contributed by atoms with Gasteiger partial charge in [-0.05, 0) is 25.5 Å². The second-order valence-corrected chi connectivity index (χ2v) is 5.24. The van der Waals surface area contributed by atoms with Crippen molar-refractivity contribution >= 4 is 9.84 Å². The average Bonchev–Trinajstić information content (AvgIpc) is 2.19. The Balaban J connectivity index is 3.29. The van der Waals surface area contributed by atoms with Gasteiger partial charge in [-0.3, -0.25) is 0 Å². The maximum atomic E-state index is 12.0. The van der Waals surface area contributed by atoms with E-state index in [1.54, 1.807) is 31.2 Å². The summed E-state index contributed by atoms with van der Waals surface area (Å²) in [5.41, 5.74) is 3.52. The van der Waals surface area contributed by atoms with E-state index in [1.165, 1.54) is 0 Å². The quantitative estimate of drug-likeness (QED) is 0.737. The number of benzene rings is 1. The molecule has 0 saturated heterocycles. The normalized spacial score (nSPS) is 10.8. The van der Waals surface area contributed by atoms with E-state index in [2.05, 4.69) is 12.3 Å². The van der Waals surface area contributed by atoms with Crippen molar-refractivity contribution in [2.45, 2.75) is 25.2 Å². The van der Waals surface area contributed by atoms with Crippen molar-refractivity contribution in [1.82, 2.24) is 0 Å². The molecule has 1 aromatic carbocycles. The summed E-state index contributed by atoms with van der Waals surface area (Å²) in [5, 5.41) is 0. The van der Waals surface area contributed by atoms with E-state index in [-0.39, 0.29) is 4.91 Å². The van der Waals surface area contributed by atoms with E-state index in [9.17, 15) is 8.42 Å². The van der Waals surface area contributed by atoms with E-state index < -0.39 is 9.84 Å². The first-order chi connectivity index (χ1) is 7.02. The molecule has 0 bridgehead atoms. The second kappa shape index (κ2) is 4.47. The van der Waals surface area contributed by atoms with Gasteiger partial charge in [-0.25, -0.2) is 8.42 Å². The number of sulfone groups is 1. The molecular weight excluding hydrogens is 208 g/mol. The molecule has 1 rings (SSSR count). The molecule has 0 N–H and O–H groups in total. The van der Waals surface area contributed by atoms with Crippen molar-refractivity contribution in [2.75, 3.05) is 0 Å². The van der Waals surface area contributed by atoms with Crippen molar-refractivity contribution in [3.8, 4) is 0 Å². The Morgan fingerprint density at radius 2 is 1.87 bits per heavy atom. The highest BCUT2D eigenvalue weighted by Gasteiger charge is 2.18. The van der Waals surface area contributed by atoms with Crippen molar-refractivity contribution in [1.29, 1.82) is 0 Å². The lowest BCUT2D eigenvalue weighted by Gasteiger charge is -2.04. The van der Waals surface area contributed by atoms with E-state index in [0.717, 1.165) is 5.56 Å². The SMILES string of the molecule is C=C=C(CC)S(=O)(=O)c1ccc(C)cc1. The fourth-order valence-corrected chi connectivity index (χ4v) is 2.62. The van der Waals surface area contributed by atoms with Crippen LogP contribution in [0.1, 0.15) is 18.9 Å². The number of rotatable bonds is 3. The minimum Gasteiger partial charge on any atom is -0.218 e. The molecule has 0 aliphatic rings. The van der Waals surface area contributed by atoms with Crippen molar-refractivity contribution in [2.24, 2.45) is 0 Å². The van der Waals surface area contributed by atoms with E-state index in [4.69, 9.17) is 0 Å². The van der Waals surface area contributed by atoms with E-state index >= 15 is 0 Å². The first-order valence-corrected chi connectivity index (χ1v) is 6.21. The molecule has 0 aliphatic carbocycles. The highest BCUT2D eigenvalue weighted by atomic mass is 32.2. The maximum Gasteiger partial charge on any atom is 0.209 e. The lowest BCUT2D eigenvalue weighted by atomic mass is 10.2. The second-order valence-electron chi connectivity index (χ2n) is 3.27. The molecule has 80 valence electrons. The highest BCUT2D eigenvalue weighted by molar-refractivity contribution is 7.95. The van der Waals surface area contributed by atoms with Gasteiger partial charge in [-0.2, -0.15) is 0 Å². The Morgan fingerprint density at radius 3 is 2.27 bits per heavy atom. The maximum absolute atomic E-state index is 12.0. The number of hydrogen-bond donors (Lipinski definition) is 0. The molecule has 0 spiro atoms. The molecule has 0 fully saturated rings. The summed E-state index contributed by atoms with van der Waals surface area (Å²) in [7, 11) is -3.37. The van der Waals surface area contributed by atoms with Gasteiger partial charge in [0.15, 0.2) is 0 Å². The third-order valence-electron chi connectivity index (χ3n) is 2.17. The van der Waals surface area contributed by atoms with Gasteiger partial charge in [0.2, 0.25) is 9.84 Å². The molecule has 3 heteroatoms. The zero-order chi connectivity index (χ0) is 11.5. The summed E-state index contributed by atoms with van der Waals surface area (Å²) in [6.45, 7) is 7.09. The third kappa shape index (κ3) is 2.38. The molecule has 0 radical (unpaired) electrons. The Bertz CT molecular complexity index is 489. The Hall–Kier alpha value is -1.31.